The van der Waals surface area contributed by atoms with Crippen LogP contribution in [-0.2, 0) is 4.79 Å². The Morgan fingerprint density at radius 1 is 1.60 bits per heavy atom. The smallest absolute Gasteiger partial charge is 0.308 e. The van der Waals surface area contributed by atoms with Gasteiger partial charge in [-0.1, -0.05) is 20.8 Å². The second kappa shape index (κ2) is 5.11. The third-order valence-electron chi connectivity index (χ3n) is 2.09. The van der Waals surface area contributed by atoms with Gasteiger partial charge < -0.3 is 10.4 Å². The highest BCUT2D eigenvalue weighted by Gasteiger charge is 2.11. The molecule has 1 aromatic rings. The maximum Gasteiger partial charge on any atom is 0.308 e. The largest absolute Gasteiger partial charge is 0.481 e. The van der Waals surface area contributed by atoms with Gasteiger partial charge in [0.25, 0.3) is 0 Å². The van der Waals surface area contributed by atoms with Gasteiger partial charge in [-0.15, -0.1) is 11.3 Å². The number of carboxylic acid groups (broad SMARTS) is 1. The molecule has 5 heteroatoms. The second-order valence-corrected chi connectivity index (χ2v) is 4.71. The van der Waals surface area contributed by atoms with E-state index in [2.05, 4.69) is 24.1 Å². The number of carboxylic acids is 1. The fourth-order valence-corrected chi connectivity index (χ4v) is 1.84. The van der Waals surface area contributed by atoms with E-state index in [1.807, 2.05) is 5.38 Å². The molecule has 0 saturated carbocycles. The van der Waals surface area contributed by atoms with E-state index in [1.165, 1.54) is 11.3 Å². The van der Waals surface area contributed by atoms with Crippen molar-refractivity contribution in [2.45, 2.75) is 26.7 Å². The van der Waals surface area contributed by atoms with Crippen molar-refractivity contribution in [3.05, 3.63) is 11.1 Å². The second-order valence-electron chi connectivity index (χ2n) is 3.85. The van der Waals surface area contributed by atoms with Crippen molar-refractivity contribution in [2.24, 2.45) is 5.92 Å². The lowest BCUT2D eigenvalue weighted by Crippen LogP contribution is -2.19. The van der Waals surface area contributed by atoms with Crippen LogP contribution in [0.5, 0.6) is 0 Å². The third kappa shape index (κ3) is 3.51. The van der Waals surface area contributed by atoms with E-state index in [0.717, 1.165) is 10.8 Å². The average Bonchev–Trinajstić information content (AvgIpc) is 2.62. The molecule has 1 rings (SSSR count). The van der Waals surface area contributed by atoms with Crippen LogP contribution < -0.4 is 5.32 Å². The average molecular weight is 228 g/mol. The Morgan fingerprint density at radius 2 is 2.27 bits per heavy atom. The molecule has 2 N–H and O–H groups in total. The van der Waals surface area contributed by atoms with Crippen molar-refractivity contribution < 1.29 is 9.90 Å². The van der Waals surface area contributed by atoms with Gasteiger partial charge in [-0.2, -0.15) is 0 Å². The molecule has 0 spiro atoms. The lowest BCUT2D eigenvalue weighted by molar-refractivity contribution is -0.140. The Kier molecular flexibility index (Phi) is 4.08. The van der Waals surface area contributed by atoms with E-state index < -0.39 is 11.9 Å². The molecule has 0 radical (unpaired) electrons. The van der Waals surface area contributed by atoms with Crippen molar-refractivity contribution >= 4 is 22.4 Å². The standard InChI is InChI=1S/C10H16N2O2S/c1-6(2)8-5-15-10(12-8)11-4-7(3)9(13)14/h5-7H,4H2,1-3H3,(H,11,12)(H,13,14). The van der Waals surface area contributed by atoms with E-state index in [0.29, 0.717) is 12.5 Å². The number of nitrogens with one attached hydrogen (secondary N) is 1. The number of hydrogen-bond donors (Lipinski definition) is 2. The van der Waals surface area contributed by atoms with Crippen LogP contribution >= 0.6 is 11.3 Å². The molecular formula is C10H16N2O2S. The predicted molar refractivity (Wildman–Crippen MR) is 61.5 cm³/mol. The van der Waals surface area contributed by atoms with Crippen molar-refractivity contribution in [3.63, 3.8) is 0 Å². The topological polar surface area (TPSA) is 62.2 Å². The van der Waals surface area contributed by atoms with E-state index in [-0.39, 0.29) is 0 Å². The number of aromatic nitrogens is 1. The minimum atomic E-state index is -0.789. The van der Waals surface area contributed by atoms with Gasteiger partial charge >= 0.3 is 5.97 Å². The first-order valence-electron chi connectivity index (χ1n) is 4.92. The maximum absolute atomic E-state index is 10.6. The van der Waals surface area contributed by atoms with Crippen LogP contribution in [0.2, 0.25) is 0 Å². The number of anilines is 1. The number of rotatable bonds is 5. The zero-order chi connectivity index (χ0) is 11.4. The summed E-state index contributed by atoms with van der Waals surface area (Å²) in [5, 5.41) is 14.5. The van der Waals surface area contributed by atoms with Crippen molar-refractivity contribution in [1.82, 2.24) is 4.98 Å². The van der Waals surface area contributed by atoms with Crippen molar-refractivity contribution in [3.8, 4) is 0 Å². The molecule has 0 amide bonds. The summed E-state index contributed by atoms with van der Waals surface area (Å²) in [5.74, 6) is -0.770. The van der Waals surface area contributed by atoms with Crippen molar-refractivity contribution in [1.29, 1.82) is 0 Å². The Balaban J connectivity index is 2.47. The van der Waals surface area contributed by atoms with E-state index in [1.54, 1.807) is 6.92 Å². The van der Waals surface area contributed by atoms with Crippen LogP contribution in [0.4, 0.5) is 5.13 Å². The fourth-order valence-electron chi connectivity index (χ4n) is 0.960. The predicted octanol–water partition coefficient (Wildman–Crippen LogP) is 2.40. The van der Waals surface area contributed by atoms with Gasteiger partial charge in [0.2, 0.25) is 0 Å². The highest BCUT2D eigenvalue weighted by Crippen LogP contribution is 2.21. The van der Waals surface area contributed by atoms with Crippen LogP contribution in [0.25, 0.3) is 0 Å². The van der Waals surface area contributed by atoms with E-state index in [9.17, 15) is 4.79 Å². The van der Waals surface area contributed by atoms with Crippen LogP contribution in [0.15, 0.2) is 5.38 Å². The zero-order valence-corrected chi connectivity index (χ0v) is 9.97. The molecule has 1 atom stereocenters. The molecule has 84 valence electrons. The lowest BCUT2D eigenvalue weighted by atomic mass is 10.2. The van der Waals surface area contributed by atoms with Crippen LogP contribution in [0, 0.1) is 5.92 Å². The minimum absolute atomic E-state index is 0.392. The van der Waals surface area contributed by atoms with Crippen LogP contribution in [0.1, 0.15) is 32.4 Å². The summed E-state index contributed by atoms with van der Waals surface area (Å²) in [6.07, 6.45) is 0. The molecule has 1 aromatic heterocycles. The van der Waals surface area contributed by atoms with Gasteiger partial charge in [-0.3, -0.25) is 4.79 Å². The first kappa shape index (κ1) is 12.0. The van der Waals surface area contributed by atoms with Crippen LogP contribution in [-0.4, -0.2) is 22.6 Å². The van der Waals surface area contributed by atoms with Gasteiger partial charge in [-0.25, -0.2) is 4.98 Å². The normalized spacial score (nSPS) is 12.8. The molecule has 0 fully saturated rings. The summed E-state index contributed by atoms with van der Waals surface area (Å²) in [7, 11) is 0. The highest BCUT2D eigenvalue weighted by atomic mass is 32.1. The Morgan fingerprint density at radius 3 is 2.73 bits per heavy atom. The lowest BCUT2D eigenvalue weighted by Gasteiger charge is -2.06. The fraction of sp³-hybridized carbons (Fsp3) is 0.600. The summed E-state index contributed by atoms with van der Waals surface area (Å²) in [4.78, 5) is 14.9. The Hall–Kier alpha value is -1.10. The quantitative estimate of drug-likeness (QED) is 0.812. The molecule has 0 bridgehead atoms. The first-order valence-corrected chi connectivity index (χ1v) is 5.80. The summed E-state index contributed by atoms with van der Waals surface area (Å²) >= 11 is 1.52. The zero-order valence-electron chi connectivity index (χ0n) is 9.15. The number of aliphatic carboxylic acids is 1. The molecule has 4 nitrogen and oxygen atoms in total. The first-order chi connectivity index (χ1) is 7.00. The van der Waals surface area contributed by atoms with Gasteiger partial charge in [0.05, 0.1) is 11.6 Å². The minimum Gasteiger partial charge on any atom is -0.481 e. The number of carbonyl (C=O) groups is 1. The highest BCUT2D eigenvalue weighted by molar-refractivity contribution is 7.13. The molecule has 15 heavy (non-hydrogen) atoms. The summed E-state index contributed by atoms with van der Waals surface area (Å²) < 4.78 is 0. The van der Waals surface area contributed by atoms with Crippen LogP contribution in [0.3, 0.4) is 0 Å². The third-order valence-corrected chi connectivity index (χ3v) is 2.91. The van der Waals surface area contributed by atoms with E-state index >= 15 is 0 Å². The summed E-state index contributed by atoms with van der Waals surface area (Å²) in [5.41, 5.74) is 1.05. The number of hydrogen-bond acceptors (Lipinski definition) is 4. The molecular weight excluding hydrogens is 212 g/mol. The molecule has 0 aromatic carbocycles. The Labute approximate surface area is 93.4 Å². The monoisotopic (exact) mass is 228 g/mol. The number of nitrogens with zero attached hydrogens (tertiary/aromatic N) is 1. The molecule has 0 aliphatic rings. The summed E-state index contributed by atoms with van der Waals surface area (Å²) in [6, 6.07) is 0. The number of thiazole rings is 1. The molecule has 0 saturated heterocycles. The Bertz CT molecular complexity index is 336. The van der Waals surface area contributed by atoms with Gasteiger partial charge in [0.15, 0.2) is 5.13 Å². The van der Waals surface area contributed by atoms with Crippen molar-refractivity contribution in [2.75, 3.05) is 11.9 Å². The van der Waals surface area contributed by atoms with Gasteiger partial charge in [0, 0.05) is 11.9 Å². The summed E-state index contributed by atoms with van der Waals surface area (Å²) in [6.45, 7) is 6.25. The van der Waals surface area contributed by atoms with Gasteiger partial charge in [-0.05, 0) is 5.92 Å². The molecule has 0 aliphatic carbocycles. The molecule has 1 unspecified atom stereocenters. The van der Waals surface area contributed by atoms with E-state index in [4.69, 9.17) is 5.11 Å². The van der Waals surface area contributed by atoms with Gasteiger partial charge in [0.1, 0.15) is 0 Å². The SMILES string of the molecule is CC(CNc1nc(C(C)C)cs1)C(=O)O. The molecule has 0 aliphatic heterocycles. The maximum atomic E-state index is 10.6. The molecule has 1 heterocycles.